The van der Waals surface area contributed by atoms with E-state index in [1.54, 1.807) is 11.8 Å². The summed E-state index contributed by atoms with van der Waals surface area (Å²) in [5.41, 5.74) is 2.00. The minimum atomic E-state index is -0.777. The van der Waals surface area contributed by atoms with Gasteiger partial charge < -0.3 is 15.7 Å². The van der Waals surface area contributed by atoms with Crippen molar-refractivity contribution in [2.75, 3.05) is 23.4 Å². The lowest BCUT2D eigenvalue weighted by atomic mass is 10.0. The number of anilines is 1. The number of carbonyl (C=O) groups excluding carboxylic acids is 1. The highest BCUT2D eigenvalue weighted by Gasteiger charge is 2.31. The van der Waals surface area contributed by atoms with Crippen molar-refractivity contribution in [2.45, 2.75) is 12.0 Å². The van der Waals surface area contributed by atoms with Crippen molar-refractivity contribution in [1.82, 2.24) is 5.32 Å². The van der Waals surface area contributed by atoms with Crippen molar-refractivity contribution < 1.29 is 9.90 Å². The molecule has 0 spiro atoms. The molecule has 0 saturated carbocycles. The topological polar surface area (TPSA) is 61.4 Å². The molecule has 0 bridgehead atoms. The van der Waals surface area contributed by atoms with E-state index in [1.165, 1.54) is 0 Å². The highest BCUT2D eigenvalue weighted by Crippen LogP contribution is 2.28. The third-order valence-electron chi connectivity index (χ3n) is 3.92. The lowest BCUT2D eigenvalue weighted by Crippen LogP contribution is -2.44. The second-order valence-electron chi connectivity index (χ2n) is 5.75. The highest BCUT2D eigenvalue weighted by molar-refractivity contribution is 7.99. The summed E-state index contributed by atoms with van der Waals surface area (Å²) in [5.74, 6) is 1.62. The van der Waals surface area contributed by atoms with Crippen molar-refractivity contribution >= 4 is 23.5 Å². The van der Waals surface area contributed by atoms with Crippen LogP contribution in [0.15, 0.2) is 54.6 Å². The molecule has 4 nitrogen and oxygen atoms in total. The molecule has 3 rings (SSSR count). The Kier molecular flexibility index (Phi) is 4.88. The van der Waals surface area contributed by atoms with Crippen LogP contribution in [-0.2, 0) is 0 Å². The lowest BCUT2D eigenvalue weighted by Gasteiger charge is -2.22. The first-order valence-electron chi connectivity index (χ1n) is 7.66. The Balaban J connectivity index is 1.67. The van der Waals surface area contributed by atoms with E-state index in [0.717, 1.165) is 29.0 Å². The van der Waals surface area contributed by atoms with Crippen LogP contribution in [0.4, 0.5) is 10.5 Å². The first-order chi connectivity index (χ1) is 11.2. The summed E-state index contributed by atoms with van der Waals surface area (Å²) < 4.78 is 0. The number of rotatable bonds is 4. The van der Waals surface area contributed by atoms with E-state index in [1.807, 2.05) is 54.6 Å². The molecule has 5 heteroatoms. The number of aliphatic hydroxyl groups is 1. The Labute approximate surface area is 140 Å². The molecule has 1 aliphatic heterocycles. The van der Waals surface area contributed by atoms with Crippen molar-refractivity contribution in [1.29, 1.82) is 0 Å². The fraction of sp³-hybridized carbons (Fsp3) is 0.278. The Morgan fingerprint density at radius 1 is 1.13 bits per heavy atom. The Morgan fingerprint density at radius 3 is 2.61 bits per heavy atom. The molecule has 2 aromatic carbocycles. The third-order valence-corrected chi connectivity index (χ3v) is 5.15. The van der Waals surface area contributed by atoms with Gasteiger partial charge in [-0.2, -0.15) is 11.8 Å². The minimum absolute atomic E-state index is 0.277. The van der Waals surface area contributed by atoms with Crippen molar-refractivity contribution in [3.8, 4) is 11.1 Å². The van der Waals surface area contributed by atoms with Crippen molar-refractivity contribution in [2.24, 2.45) is 0 Å². The molecule has 2 amide bonds. The number of nitrogens with one attached hydrogen (secondary N) is 2. The minimum Gasteiger partial charge on any atom is -0.387 e. The van der Waals surface area contributed by atoms with Crippen LogP contribution >= 0.6 is 11.8 Å². The molecule has 0 radical (unpaired) electrons. The van der Waals surface area contributed by atoms with Crippen LogP contribution < -0.4 is 10.6 Å². The molecule has 1 fully saturated rings. The standard InChI is InChI=1S/C18H20N2O2S/c21-17(19-12-18(22)10-11-23-13-18)20-16-9-5-4-8-15(16)14-6-2-1-3-7-14/h1-9,22H,10-13H2,(H2,19,20,21). The average molecular weight is 328 g/mol. The van der Waals surface area contributed by atoms with Gasteiger partial charge >= 0.3 is 6.03 Å². The second kappa shape index (κ2) is 7.06. The normalized spacial score (nSPS) is 20.2. The van der Waals surface area contributed by atoms with Crippen LogP contribution in [0.5, 0.6) is 0 Å². The van der Waals surface area contributed by atoms with E-state index in [2.05, 4.69) is 10.6 Å². The Morgan fingerprint density at radius 2 is 1.87 bits per heavy atom. The van der Waals surface area contributed by atoms with E-state index in [4.69, 9.17) is 0 Å². The highest BCUT2D eigenvalue weighted by atomic mass is 32.2. The van der Waals surface area contributed by atoms with E-state index in [9.17, 15) is 9.90 Å². The quantitative estimate of drug-likeness (QED) is 0.807. The van der Waals surface area contributed by atoms with Gasteiger partial charge in [-0.1, -0.05) is 48.5 Å². The smallest absolute Gasteiger partial charge is 0.319 e. The molecule has 1 unspecified atom stereocenters. The number of urea groups is 1. The molecule has 2 aromatic rings. The van der Waals surface area contributed by atoms with Crippen LogP contribution in [0.2, 0.25) is 0 Å². The number of benzene rings is 2. The predicted molar refractivity (Wildman–Crippen MR) is 95.8 cm³/mol. The second-order valence-corrected chi connectivity index (χ2v) is 6.85. The first kappa shape index (κ1) is 15.9. The van der Waals surface area contributed by atoms with Crippen LogP contribution in [-0.4, -0.2) is 34.8 Å². The maximum atomic E-state index is 12.2. The number of hydrogen-bond acceptors (Lipinski definition) is 3. The molecule has 3 N–H and O–H groups in total. The van der Waals surface area contributed by atoms with E-state index in [-0.39, 0.29) is 12.6 Å². The molecule has 1 aliphatic rings. The van der Waals surface area contributed by atoms with Gasteiger partial charge in [0.1, 0.15) is 0 Å². The summed E-state index contributed by atoms with van der Waals surface area (Å²) >= 11 is 1.71. The fourth-order valence-electron chi connectivity index (χ4n) is 2.61. The van der Waals surface area contributed by atoms with Crippen LogP contribution in [0, 0.1) is 0 Å². The summed E-state index contributed by atoms with van der Waals surface area (Å²) in [5, 5.41) is 15.9. The zero-order valence-corrected chi connectivity index (χ0v) is 13.6. The van der Waals surface area contributed by atoms with E-state index >= 15 is 0 Å². The van der Waals surface area contributed by atoms with Gasteiger partial charge in [0.05, 0.1) is 11.3 Å². The number of hydrogen-bond donors (Lipinski definition) is 3. The van der Waals surface area contributed by atoms with Crippen LogP contribution in [0.3, 0.4) is 0 Å². The van der Waals surface area contributed by atoms with Gasteiger partial charge in [-0.15, -0.1) is 0 Å². The molecular formula is C18H20N2O2S. The summed E-state index contributed by atoms with van der Waals surface area (Å²) in [6.45, 7) is 0.277. The van der Waals surface area contributed by atoms with Crippen molar-refractivity contribution in [3.63, 3.8) is 0 Å². The number of para-hydroxylation sites is 1. The Hall–Kier alpha value is -1.98. The monoisotopic (exact) mass is 328 g/mol. The zero-order chi connectivity index (χ0) is 16.1. The van der Waals surface area contributed by atoms with E-state index < -0.39 is 5.60 Å². The number of thioether (sulfide) groups is 1. The average Bonchev–Trinajstić information content (AvgIpc) is 3.02. The zero-order valence-electron chi connectivity index (χ0n) is 12.8. The van der Waals surface area contributed by atoms with Gasteiger partial charge in [0.15, 0.2) is 0 Å². The molecular weight excluding hydrogens is 308 g/mol. The summed E-state index contributed by atoms with van der Waals surface area (Å²) in [4.78, 5) is 12.2. The van der Waals surface area contributed by atoms with Crippen molar-refractivity contribution in [3.05, 3.63) is 54.6 Å². The fourth-order valence-corrected chi connectivity index (χ4v) is 3.90. The molecule has 1 saturated heterocycles. The molecule has 1 atom stereocenters. The molecule has 0 aromatic heterocycles. The third kappa shape index (κ3) is 4.06. The van der Waals surface area contributed by atoms with E-state index in [0.29, 0.717) is 5.75 Å². The van der Waals surface area contributed by atoms with Gasteiger partial charge in [-0.05, 0) is 23.8 Å². The van der Waals surface area contributed by atoms with Gasteiger partial charge in [0, 0.05) is 17.9 Å². The summed E-state index contributed by atoms with van der Waals surface area (Å²) in [6, 6.07) is 17.3. The van der Waals surface area contributed by atoms with Gasteiger partial charge in [0.2, 0.25) is 0 Å². The molecule has 0 aliphatic carbocycles. The largest absolute Gasteiger partial charge is 0.387 e. The summed E-state index contributed by atoms with van der Waals surface area (Å²) in [7, 11) is 0. The lowest BCUT2D eigenvalue weighted by molar-refractivity contribution is 0.0706. The van der Waals surface area contributed by atoms with Gasteiger partial charge in [0.25, 0.3) is 0 Å². The maximum absolute atomic E-state index is 12.2. The predicted octanol–water partition coefficient (Wildman–Crippen LogP) is 3.34. The van der Waals surface area contributed by atoms with Gasteiger partial charge in [-0.25, -0.2) is 4.79 Å². The van der Waals surface area contributed by atoms with Crippen LogP contribution in [0.1, 0.15) is 6.42 Å². The Bertz CT molecular complexity index is 670. The first-order valence-corrected chi connectivity index (χ1v) is 8.81. The summed E-state index contributed by atoms with van der Waals surface area (Å²) in [6.07, 6.45) is 0.721. The SMILES string of the molecule is O=C(NCC1(O)CCSC1)Nc1ccccc1-c1ccccc1. The van der Waals surface area contributed by atoms with Gasteiger partial charge in [-0.3, -0.25) is 0 Å². The number of carbonyl (C=O) groups is 1. The molecule has 120 valence electrons. The molecule has 23 heavy (non-hydrogen) atoms. The number of amides is 2. The molecule has 1 heterocycles. The van der Waals surface area contributed by atoms with Crippen LogP contribution in [0.25, 0.3) is 11.1 Å². The maximum Gasteiger partial charge on any atom is 0.319 e.